The highest BCUT2D eigenvalue weighted by Gasteiger charge is 2.15. The van der Waals surface area contributed by atoms with Crippen molar-refractivity contribution in [3.63, 3.8) is 0 Å². The standard InChI is InChI=1S/C19H17N3O6S/c1-26-13-3-4-16(27-2)14(9-13)15-11-29-19(20-15)21-17(23)10-28-18(24)12-5-7-22(25)8-6-12/h3-9,11H,10H2,1-2H3,(H,20,21,23). The molecule has 0 aliphatic carbocycles. The number of carbonyl (C=O) groups is 2. The van der Waals surface area contributed by atoms with Crippen LogP contribution in [0, 0.1) is 5.21 Å². The molecule has 3 aromatic rings. The Kier molecular flexibility index (Phi) is 6.25. The fourth-order valence-corrected chi connectivity index (χ4v) is 3.11. The van der Waals surface area contributed by atoms with E-state index in [-0.39, 0.29) is 5.56 Å². The molecule has 2 heterocycles. The molecule has 0 radical (unpaired) electrons. The molecule has 1 aromatic carbocycles. The number of carbonyl (C=O) groups excluding carboxylic acids is 2. The molecule has 3 rings (SSSR count). The Balaban J connectivity index is 1.62. The highest BCUT2D eigenvalue weighted by Crippen LogP contribution is 2.34. The molecule has 29 heavy (non-hydrogen) atoms. The van der Waals surface area contributed by atoms with E-state index in [4.69, 9.17) is 14.2 Å². The van der Waals surface area contributed by atoms with Crippen LogP contribution in [0.5, 0.6) is 11.5 Å². The van der Waals surface area contributed by atoms with Crippen LogP contribution >= 0.6 is 11.3 Å². The molecule has 0 spiro atoms. The van der Waals surface area contributed by atoms with Crippen molar-refractivity contribution in [3.05, 3.63) is 58.9 Å². The van der Waals surface area contributed by atoms with E-state index in [2.05, 4.69) is 10.3 Å². The van der Waals surface area contributed by atoms with Crippen molar-refractivity contribution >= 4 is 28.3 Å². The summed E-state index contributed by atoms with van der Waals surface area (Å²) >= 11 is 1.22. The van der Waals surface area contributed by atoms with E-state index in [1.807, 2.05) is 0 Å². The number of pyridine rings is 1. The molecule has 0 unspecified atom stereocenters. The summed E-state index contributed by atoms with van der Waals surface area (Å²) in [6, 6.07) is 7.94. The van der Waals surface area contributed by atoms with Crippen LogP contribution in [-0.2, 0) is 9.53 Å². The lowest BCUT2D eigenvalue weighted by Gasteiger charge is -2.08. The molecule has 0 bridgehead atoms. The van der Waals surface area contributed by atoms with E-state index >= 15 is 0 Å². The van der Waals surface area contributed by atoms with Gasteiger partial charge < -0.3 is 19.4 Å². The number of esters is 1. The van der Waals surface area contributed by atoms with Gasteiger partial charge in [-0.25, -0.2) is 9.78 Å². The number of amides is 1. The quantitative estimate of drug-likeness (QED) is 0.358. The molecular formula is C19H17N3O6S. The van der Waals surface area contributed by atoms with Gasteiger partial charge in [0.25, 0.3) is 5.91 Å². The first-order chi connectivity index (χ1) is 14.0. The molecule has 1 amide bonds. The Bertz CT molecular complexity index is 1020. The first-order valence-corrected chi connectivity index (χ1v) is 9.22. The summed E-state index contributed by atoms with van der Waals surface area (Å²) in [5.74, 6) is 0.0215. The van der Waals surface area contributed by atoms with Crippen molar-refractivity contribution in [1.82, 2.24) is 4.98 Å². The average Bonchev–Trinajstić information content (AvgIpc) is 3.20. The lowest BCUT2D eigenvalue weighted by molar-refractivity contribution is -0.605. The Hall–Kier alpha value is -3.66. The normalized spacial score (nSPS) is 10.3. The van der Waals surface area contributed by atoms with Crippen molar-refractivity contribution in [2.24, 2.45) is 0 Å². The zero-order valence-electron chi connectivity index (χ0n) is 15.6. The van der Waals surface area contributed by atoms with Gasteiger partial charge in [-0.1, -0.05) is 0 Å². The fraction of sp³-hybridized carbons (Fsp3) is 0.158. The van der Waals surface area contributed by atoms with Gasteiger partial charge in [-0.3, -0.25) is 10.1 Å². The largest absolute Gasteiger partial charge is 0.619 e. The van der Waals surface area contributed by atoms with E-state index in [9.17, 15) is 14.8 Å². The Labute approximate surface area is 170 Å². The number of ether oxygens (including phenoxy) is 3. The minimum Gasteiger partial charge on any atom is -0.619 e. The Morgan fingerprint density at radius 3 is 2.62 bits per heavy atom. The molecule has 1 N–H and O–H groups in total. The van der Waals surface area contributed by atoms with Gasteiger partial charge in [0, 0.05) is 23.1 Å². The van der Waals surface area contributed by atoms with E-state index in [1.165, 1.54) is 35.9 Å². The molecule has 0 aliphatic rings. The number of benzene rings is 1. The van der Waals surface area contributed by atoms with Crippen molar-refractivity contribution < 1.29 is 28.5 Å². The maximum atomic E-state index is 12.1. The van der Waals surface area contributed by atoms with Crippen molar-refractivity contribution in [1.29, 1.82) is 0 Å². The second-order valence-corrected chi connectivity index (χ2v) is 6.53. The van der Waals surface area contributed by atoms with Crippen LogP contribution in [0.1, 0.15) is 10.4 Å². The summed E-state index contributed by atoms with van der Waals surface area (Å²) < 4.78 is 16.1. The summed E-state index contributed by atoms with van der Waals surface area (Å²) in [6.07, 6.45) is 2.33. The highest BCUT2D eigenvalue weighted by atomic mass is 32.1. The van der Waals surface area contributed by atoms with E-state index < -0.39 is 18.5 Å². The third kappa shape index (κ3) is 4.99. The lowest BCUT2D eigenvalue weighted by Crippen LogP contribution is -2.25. The predicted octanol–water partition coefficient (Wildman–Crippen LogP) is 2.26. The average molecular weight is 415 g/mol. The number of thiazole rings is 1. The summed E-state index contributed by atoms with van der Waals surface area (Å²) in [7, 11) is 3.12. The number of methoxy groups -OCH3 is 2. The van der Waals surface area contributed by atoms with E-state index in [1.54, 1.807) is 37.8 Å². The summed E-state index contributed by atoms with van der Waals surface area (Å²) in [4.78, 5) is 28.3. The highest BCUT2D eigenvalue weighted by molar-refractivity contribution is 7.14. The van der Waals surface area contributed by atoms with Gasteiger partial charge >= 0.3 is 5.97 Å². The lowest BCUT2D eigenvalue weighted by atomic mass is 10.1. The number of aromatic nitrogens is 2. The number of anilines is 1. The zero-order chi connectivity index (χ0) is 20.8. The first-order valence-electron chi connectivity index (χ1n) is 8.34. The third-order valence-electron chi connectivity index (χ3n) is 3.81. The number of nitrogens with zero attached hydrogens (tertiary/aromatic N) is 2. The molecule has 9 nitrogen and oxygen atoms in total. The van der Waals surface area contributed by atoms with Crippen LogP contribution < -0.4 is 19.5 Å². The topological polar surface area (TPSA) is 114 Å². The molecule has 0 fully saturated rings. The maximum Gasteiger partial charge on any atom is 0.339 e. The SMILES string of the molecule is COc1ccc(OC)c(-c2csc(NC(=O)COC(=O)c3cc[n+]([O-])cc3)n2)c1. The van der Waals surface area contributed by atoms with Gasteiger partial charge in [0.1, 0.15) is 11.5 Å². The van der Waals surface area contributed by atoms with Crippen molar-refractivity contribution in [2.75, 3.05) is 26.1 Å². The molecule has 0 saturated carbocycles. The van der Waals surface area contributed by atoms with Crippen molar-refractivity contribution in [2.45, 2.75) is 0 Å². The van der Waals surface area contributed by atoms with Crippen LogP contribution in [0.3, 0.4) is 0 Å². The zero-order valence-corrected chi connectivity index (χ0v) is 16.4. The minimum absolute atomic E-state index is 0.173. The molecule has 150 valence electrons. The summed E-state index contributed by atoms with van der Waals surface area (Å²) in [5.41, 5.74) is 1.49. The van der Waals surface area contributed by atoms with Gasteiger partial charge in [0.15, 0.2) is 24.1 Å². The number of rotatable bonds is 7. The van der Waals surface area contributed by atoms with Gasteiger partial charge in [-0.2, -0.15) is 4.73 Å². The van der Waals surface area contributed by atoms with Gasteiger partial charge in [0.2, 0.25) is 0 Å². The van der Waals surface area contributed by atoms with E-state index in [0.717, 1.165) is 5.56 Å². The molecule has 2 aromatic heterocycles. The molecular weight excluding hydrogens is 398 g/mol. The second kappa shape index (κ2) is 9.02. The Morgan fingerprint density at radius 2 is 1.93 bits per heavy atom. The van der Waals surface area contributed by atoms with Crippen molar-refractivity contribution in [3.8, 4) is 22.8 Å². The monoisotopic (exact) mass is 415 g/mol. The third-order valence-corrected chi connectivity index (χ3v) is 4.56. The van der Waals surface area contributed by atoms with Gasteiger partial charge in [0.05, 0.1) is 25.5 Å². The van der Waals surface area contributed by atoms with Crippen LogP contribution in [-0.4, -0.2) is 37.7 Å². The number of hydrogen-bond donors (Lipinski definition) is 1. The Morgan fingerprint density at radius 1 is 1.17 bits per heavy atom. The first kappa shape index (κ1) is 20.1. The van der Waals surface area contributed by atoms with Crippen LogP contribution in [0.25, 0.3) is 11.3 Å². The molecule has 10 heteroatoms. The number of hydrogen-bond acceptors (Lipinski definition) is 8. The smallest absolute Gasteiger partial charge is 0.339 e. The molecule has 0 atom stereocenters. The van der Waals surface area contributed by atoms with Gasteiger partial charge in [-0.05, 0) is 18.2 Å². The number of nitrogens with one attached hydrogen (secondary N) is 1. The summed E-state index contributed by atoms with van der Waals surface area (Å²) in [5, 5.41) is 15.7. The fourth-order valence-electron chi connectivity index (χ4n) is 2.39. The van der Waals surface area contributed by atoms with E-state index in [0.29, 0.717) is 27.1 Å². The molecule has 0 saturated heterocycles. The van der Waals surface area contributed by atoms with Crippen LogP contribution in [0.15, 0.2) is 48.1 Å². The van der Waals surface area contributed by atoms with Gasteiger partial charge in [-0.15, -0.1) is 11.3 Å². The van der Waals surface area contributed by atoms with Crippen LogP contribution in [0.2, 0.25) is 0 Å². The predicted molar refractivity (Wildman–Crippen MR) is 105 cm³/mol. The summed E-state index contributed by atoms with van der Waals surface area (Å²) in [6.45, 7) is -0.484. The molecule has 0 aliphatic heterocycles. The minimum atomic E-state index is -0.707. The maximum absolute atomic E-state index is 12.1. The van der Waals surface area contributed by atoms with Crippen LogP contribution in [0.4, 0.5) is 5.13 Å². The second-order valence-electron chi connectivity index (χ2n) is 5.68.